The zero-order valence-electron chi connectivity index (χ0n) is 32.8. The summed E-state index contributed by atoms with van der Waals surface area (Å²) in [6.45, 7) is 20.1. The predicted molar refractivity (Wildman–Crippen MR) is 208 cm³/mol. The number of carbonyl (C=O) groups excluding carboxylic acids is 1. The minimum absolute atomic E-state index is 0. The van der Waals surface area contributed by atoms with Crippen LogP contribution in [0.1, 0.15) is 87.3 Å². The number of carbonyl (C=O) groups is 1. The standard InChI is InChI=1S/C34H29F3NO2.C11H20O2.Ir/c1-32(2,3)26-16-23(15-21-8-6-7-9-24(21)26)27-17-22(12-13-38-27)28-18-30-31(40-28)25-11-10-20(14-29(25)39-30)19-33(4,5)34(35,36)37;1-10(2,3)8(12)7-9(13)11(4,5)6;/h6-14,16-18H,19H2,1-5H3;7,12H,1-6H3;/q-1;;/b;8-7-;. The Bertz CT molecular complexity index is 2320. The first-order chi connectivity index (χ1) is 24.3. The Labute approximate surface area is 329 Å². The number of aromatic nitrogens is 1. The van der Waals surface area contributed by atoms with Gasteiger partial charge in [0.25, 0.3) is 0 Å². The Morgan fingerprint density at radius 3 is 2.07 bits per heavy atom. The summed E-state index contributed by atoms with van der Waals surface area (Å²) in [4.78, 5) is 16.1. The van der Waals surface area contributed by atoms with E-state index < -0.39 is 17.0 Å². The van der Waals surface area contributed by atoms with Gasteiger partial charge in [-0.05, 0) is 35.6 Å². The molecule has 54 heavy (non-hydrogen) atoms. The van der Waals surface area contributed by atoms with Crippen molar-refractivity contribution < 1.29 is 52.0 Å². The fourth-order valence-electron chi connectivity index (χ4n) is 5.73. The molecule has 9 heteroatoms. The number of alkyl halides is 3. The molecule has 0 spiro atoms. The number of ketones is 1. The van der Waals surface area contributed by atoms with Gasteiger partial charge in [0.05, 0.1) is 10.8 Å². The number of benzene rings is 3. The number of nitrogens with zero attached hydrogens (tertiary/aromatic N) is 1. The smallest absolute Gasteiger partial charge is 0.394 e. The van der Waals surface area contributed by atoms with Crippen LogP contribution in [0.15, 0.2) is 93.6 Å². The van der Waals surface area contributed by atoms with E-state index in [2.05, 4.69) is 50.0 Å². The van der Waals surface area contributed by atoms with Crippen LogP contribution in [0.4, 0.5) is 13.2 Å². The van der Waals surface area contributed by atoms with E-state index in [9.17, 15) is 23.1 Å². The van der Waals surface area contributed by atoms with E-state index in [1.54, 1.807) is 24.4 Å². The fraction of sp³-hybridized carbons (Fsp3) is 0.378. The number of hydrogen-bond donors (Lipinski definition) is 1. The van der Waals surface area contributed by atoms with E-state index in [4.69, 9.17) is 8.83 Å². The first-order valence-corrected chi connectivity index (χ1v) is 17.7. The van der Waals surface area contributed by atoms with Crippen molar-refractivity contribution in [3.05, 3.63) is 102 Å². The van der Waals surface area contributed by atoms with Crippen LogP contribution in [0, 0.1) is 22.3 Å². The van der Waals surface area contributed by atoms with Gasteiger partial charge in [0, 0.05) is 60.5 Å². The van der Waals surface area contributed by atoms with Crippen molar-refractivity contribution in [2.75, 3.05) is 0 Å². The molecule has 6 rings (SSSR count). The second kappa shape index (κ2) is 15.1. The van der Waals surface area contributed by atoms with E-state index in [0.717, 1.165) is 27.6 Å². The molecule has 0 saturated heterocycles. The maximum absolute atomic E-state index is 13.4. The van der Waals surface area contributed by atoms with E-state index in [1.807, 2.05) is 71.9 Å². The summed E-state index contributed by atoms with van der Waals surface area (Å²) in [6, 6.07) is 24.8. The van der Waals surface area contributed by atoms with Gasteiger partial charge in [-0.15, -0.1) is 29.1 Å². The van der Waals surface area contributed by atoms with Crippen molar-refractivity contribution in [2.24, 2.45) is 16.2 Å². The molecule has 0 aliphatic carbocycles. The Morgan fingerprint density at radius 2 is 1.46 bits per heavy atom. The van der Waals surface area contributed by atoms with Crippen LogP contribution < -0.4 is 0 Å². The van der Waals surface area contributed by atoms with Gasteiger partial charge in [-0.2, -0.15) is 13.2 Å². The number of furan rings is 2. The number of fused-ring (bicyclic) bond motifs is 4. The first-order valence-electron chi connectivity index (χ1n) is 17.7. The summed E-state index contributed by atoms with van der Waals surface area (Å²) in [5.74, 6) is 0.728. The predicted octanol–water partition coefficient (Wildman–Crippen LogP) is 13.4. The van der Waals surface area contributed by atoms with E-state index in [-0.39, 0.29) is 48.9 Å². The Balaban J connectivity index is 0.000000400. The van der Waals surface area contributed by atoms with Gasteiger partial charge in [0.15, 0.2) is 16.9 Å². The average molecular weight is 917 g/mol. The average Bonchev–Trinajstić information content (AvgIpc) is 3.60. The molecular formula is C45H49F3IrNO4-. The van der Waals surface area contributed by atoms with E-state index in [1.165, 1.54) is 30.9 Å². The monoisotopic (exact) mass is 917 g/mol. The molecule has 0 aliphatic rings. The molecule has 3 aromatic heterocycles. The third-order valence-electron chi connectivity index (χ3n) is 9.30. The minimum Gasteiger partial charge on any atom is -0.512 e. The molecular weight excluding hydrogens is 868 g/mol. The second-order valence-corrected chi connectivity index (χ2v) is 17.5. The summed E-state index contributed by atoms with van der Waals surface area (Å²) in [5.41, 5.74) is 3.27. The molecule has 1 N–H and O–H groups in total. The molecule has 0 atom stereocenters. The maximum atomic E-state index is 13.4. The van der Waals surface area contributed by atoms with Crippen LogP contribution in [-0.4, -0.2) is 22.1 Å². The number of pyridine rings is 1. The van der Waals surface area contributed by atoms with Gasteiger partial charge < -0.3 is 13.9 Å². The molecule has 0 amide bonds. The van der Waals surface area contributed by atoms with Crippen molar-refractivity contribution in [3.8, 4) is 22.6 Å². The van der Waals surface area contributed by atoms with Crippen LogP contribution in [0.2, 0.25) is 0 Å². The second-order valence-electron chi connectivity index (χ2n) is 17.5. The minimum atomic E-state index is -4.30. The summed E-state index contributed by atoms with van der Waals surface area (Å²) >= 11 is 0. The van der Waals surface area contributed by atoms with Crippen molar-refractivity contribution in [2.45, 2.75) is 94.2 Å². The third-order valence-corrected chi connectivity index (χ3v) is 9.30. The number of allylic oxidation sites excluding steroid dienone is 2. The first kappa shape index (κ1) is 42.5. The maximum Gasteiger partial charge on any atom is 0.394 e. The number of halogens is 3. The normalized spacial score (nSPS) is 13.2. The number of rotatable bonds is 5. The van der Waals surface area contributed by atoms with E-state index in [0.29, 0.717) is 28.1 Å². The van der Waals surface area contributed by atoms with Crippen molar-refractivity contribution in [1.29, 1.82) is 0 Å². The zero-order chi connectivity index (χ0) is 39.3. The number of hydrogen-bond acceptors (Lipinski definition) is 5. The van der Waals surface area contributed by atoms with Gasteiger partial charge in [0.2, 0.25) is 0 Å². The van der Waals surface area contributed by atoms with Gasteiger partial charge in [0.1, 0.15) is 17.1 Å². The van der Waals surface area contributed by atoms with Crippen LogP contribution in [0.3, 0.4) is 0 Å². The molecule has 0 fully saturated rings. The van der Waals surface area contributed by atoms with Crippen molar-refractivity contribution in [3.63, 3.8) is 0 Å². The van der Waals surface area contributed by atoms with Gasteiger partial charge in [-0.25, -0.2) is 0 Å². The van der Waals surface area contributed by atoms with Crippen molar-refractivity contribution in [1.82, 2.24) is 4.98 Å². The van der Waals surface area contributed by atoms with Crippen LogP contribution in [0.25, 0.3) is 55.5 Å². The molecule has 0 aliphatic heterocycles. The van der Waals surface area contributed by atoms with E-state index >= 15 is 0 Å². The molecule has 3 heterocycles. The molecule has 0 saturated carbocycles. The Kier molecular flexibility index (Phi) is 11.9. The summed E-state index contributed by atoms with van der Waals surface area (Å²) in [7, 11) is 0. The number of aliphatic hydroxyl groups excluding tert-OH is 1. The molecule has 1 radical (unpaired) electrons. The quantitative estimate of drug-likeness (QED) is 0.106. The summed E-state index contributed by atoms with van der Waals surface area (Å²) in [6.07, 6.45) is -1.35. The van der Waals surface area contributed by atoms with Crippen LogP contribution in [0.5, 0.6) is 0 Å². The molecule has 5 nitrogen and oxygen atoms in total. The van der Waals surface area contributed by atoms with Crippen molar-refractivity contribution >= 4 is 38.7 Å². The topological polar surface area (TPSA) is 76.5 Å². The van der Waals surface area contributed by atoms with Crippen LogP contribution >= 0.6 is 0 Å². The van der Waals surface area contributed by atoms with Crippen LogP contribution in [-0.2, 0) is 36.7 Å². The Morgan fingerprint density at radius 1 is 0.796 bits per heavy atom. The molecule has 6 aromatic rings. The Hall–Kier alpha value is -4.20. The number of aliphatic hydroxyl groups is 1. The summed E-state index contributed by atoms with van der Waals surface area (Å²) < 4.78 is 52.4. The molecule has 0 unspecified atom stereocenters. The summed E-state index contributed by atoms with van der Waals surface area (Å²) in [5, 5.41) is 12.5. The largest absolute Gasteiger partial charge is 0.512 e. The molecule has 3 aromatic carbocycles. The SMILES string of the molecule is CC(C)(C)C(=O)/C=C(\O)C(C)(C)C.CC(C)(C)c1cc(-c2cc(-c3cc4oc5cc(CC(C)(C)C(F)(F)F)ccc5c4o3)ccn2)[c-]c2ccccc12.[Ir]. The van der Waals surface area contributed by atoms with Gasteiger partial charge in [-0.1, -0.05) is 117 Å². The third kappa shape index (κ3) is 9.35. The molecule has 289 valence electrons. The molecule has 0 bridgehead atoms. The fourth-order valence-corrected chi connectivity index (χ4v) is 5.73. The zero-order valence-corrected chi connectivity index (χ0v) is 35.2. The van der Waals surface area contributed by atoms with Gasteiger partial charge >= 0.3 is 6.18 Å². The van der Waals surface area contributed by atoms with Gasteiger partial charge in [-0.3, -0.25) is 9.78 Å².